The molecule has 0 saturated carbocycles. The van der Waals surface area contributed by atoms with Crippen LogP contribution >= 0.6 is 11.3 Å². The minimum Gasteiger partial charge on any atom is -0.481 e. The molecule has 1 aromatic heterocycles. The number of nitrogens with zero attached hydrogens (tertiary/aromatic N) is 4. The number of urea groups is 1. The lowest BCUT2D eigenvalue weighted by atomic mass is 9.84. The van der Waals surface area contributed by atoms with Gasteiger partial charge in [0.1, 0.15) is 54.1 Å². The van der Waals surface area contributed by atoms with E-state index in [9.17, 15) is 67.4 Å². The number of ether oxygens (including phenoxy) is 4. The molecule has 13 N–H and O–H groups in total. The van der Waals surface area contributed by atoms with Gasteiger partial charge in [0.25, 0.3) is 5.91 Å². The number of nitrogens with one attached hydrogen (secondary N) is 10. The van der Waals surface area contributed by atoms with E-state index in [1.165, 1.54) is 41.7 Å². The number of aromatic nitrogens is 1. The number of para-hydroxylation sites is 1. The molecule has 34 nitrogen and oxygen atoms in total. The van der Waals surface area contributed by atoms with Crippen LogP contribution < -0.4 is 63.8 Å². The van der Waals surface area contributed by atoms with Gasteiger partial charge in [0, 0.05) is 98.2 Å². The molecule has 3 aliphatic rings. The topological polar surface area (TPSA) is 465 Å². The molecule has 35 heteroatoms. The highest BCUT2D eigenvalue weighted by Gasteiger charge is 2.42. The maximum absolute atomic E-state index is 15.1. The van der Waals surface area contributed by atoms with Crippen LogP contribution in [0.3, 0.4) is 0 Å². The third-order valence-corrected chi connectivity index (χ3v) is 26.1. The second-order valence-corrected chi connectivity index (χ2v) is 40.1. The molecule has 3 heterocycles. The Balaban J connectivity index is 0.795. The van der Waals surface area contributed by atoms with Gasteiger partial charge in [-0.1, -0.05) is 175 Å². The van der Waals surface area contributed by atoms with Crippen LogP contribution in [0.4, 0.5) is 26.7 Å². The largest absolute Gasteiger partial charge is 0.481 e. The van der Waals surface area contributed by atoms with Crippen molar-refractivity contribution < 1.29 is 91.2 Å². The summed E-state index contributed by atoms with van der Waals surface area (Å²) >= 11 is 1.26. The van der Waals surface area contributed by atoms with E-state index < -0.39 is 125 Å². The fourth-order valence-electron chi connectivity index (χ4n) is 16.9. The molecule has 1 saturated heterocycles. The van der Waals surface area contributed by atoms with Crippen molar-refractivity contribution in [2.24, 2.45) is 39.7 Å². The monoisotopic (exact) mass is 1920 g/mol. The first kappa shape index (κ1) is 111. The van der Waals surface area contributed by atoms with Crippen molar-refractivity contribution in [2.45, 2.75) is 280 Å². The summed E-state index contributed by atoms with van der Waals surface area (Å²) in [6, 6.07) is 22.1. The predicted octanol–water partition coefficient (Wildman–Crippen LogP) is 12.4. The van der Waals surface area contributed by atoms with E-state index in [-0.39, 0.29) is 150 Å². The van der Waals surface area contributed by atoms with E-state index in [4.69, 9.17) is 29.7 Å². The summed E-state index contributed by atoms with van der Waals surface area (Å²) in [4.78, 5) is 201. The van der Waals surface area contributed by atoms with Crippen LogP contribution in [0, 0.1) is 34.0 Å². The number of benzene rings is 4. The Kier molecular flexibility index (Phi) is 43.0. The van der Waals surface area contributed by atoms with Crippen LogP contribution in [0.5, 0.6) is 0 Å². The first-order valence-electron chi connectivity index (χ1n) is 48.2. The zero-order chi connectivity index (χ0) is 100. The molecular formula is C102H147N15O19S. The highest BCUT2D eigenvalue weighted by molar-refractivity contribution is 7.09. The van der Waals surface area contributed by atoms with Crippen molar-refractivity contribution in [1.82, 2.24) is 57.3 Å². The Morgan fingerprint density at radius 3 is 1.98 bits per heavy atom. The van der Waals surface area contributed by atoms with Crippen LogP contribution in [0.25, 0.3) is 11.1 Å². The molecule has 1 aliphatic carbocycles. The van der Waals surface area contributed by atoms with E-state index in [1.54, 1.807) is 88.2 Å². The van der Waals surface area contributed by atoms with E-state index in [0.29, 0.717) is 54.4 Å². The second-order valence-electron chi connectivity index (χ2n) is 39.2. The van der Waals surface area contributed by atoms with Crippen molar-refractivity contribution in [1.29, 1.82) is 0 Å². The molecule has 137 heavy (non-hydrogen) atoms. The molecule has 8 rings (SSSR count). The van der Waals surface area contributed by atoms with Crippen molar-refractivity contribution >= 4 is 123 Å². The lowest BCUT2D eigenvalue weighted by Gasteiger charge is -2.40. The van der Waals surface area contributed by atoms with Gasteiger partial charge in [-0.05, 0) is 179 Å². The van der Waals surface area contributed by atoms with Gasteiger partial charge in [0.15, 0.2) is 0 Å². The Bertz CT molecular complexity index is 4980. The number of carboxylic acid groups (broad SMARTS) is 1. The maximum atomic E-state index is 15.1. The molecule has 1 fully saturated rings. The first-order chi connectivity index (χ1) is 65.0. The predicted molar refractivity (Wildman–Crippen MR) is 526 cm³/mol. The molecule has 0 radical (unpaired) electrons. The number of esters is 1. The number of nitrogens with two attached hydrogens (primary N) is 1. The van der Waals surface area contributed by atoms with Gasteiger partial charge >= 0.3 is 24.1 Å². The molecule has 0 spiro atoms. The van der Waals surface area contributed by atoms with Crippen LogP contribution in [0.2, 0.25) is 0 Å². The van der Waals surface area contributed by atoms with Crippen LogP contribution in [-0.4, -0.2) is 212 Å². The zero-order valence-corrected chi connectivity index (χ0v) is 83.6. The highest BCUT2D eigenvalue weighted by Crippen LogP contribution is 2.52. The first-order valence-corrected chi connectivity index (χ1v) is 49.1. The summed E-state index contributed by atoms with van der Waals surface area (Å²) in [6.07, 6.45) is 6.56. The number of amides is 13. The summed E-state index contributed by atoms with van der Waals surface area (Å²) in [5, 5.41) is 40.3. The number of allylic oxidation sites excluding steroid dienone is 2. The SMILES string of the molecule is CCCCCCN(C(=O)[C@@H](NC(=O)[C@H]1CCCCN1C)[C@@H](C)CC)[C@H](C[C@@H](OCC)c1nc(C(=O)N[C@@H](Cc2ccc(NC(=O)CNC(=O)OCc3ccc(NC(=O)[C@H](CCCNC(N)=O)NC(=O)[C@@H](NC(=O)[C@H](CCC(=O)OC)NC(=O)CC(C)(C)COCC(C)(C)CNC(=O)CCC(=O)N4Cc5ccccc5C5=C(C5)c5ccccc54)C(C)C)cc3)cc2)CC(C)(C)C(=O)O)cs1)C(C)C. The molecular weight excluding hydrogens is 1770 g/mol. The number of carbonyl (C=O) groups excluding carboxylic acids is 13. The van der Waals surface area contributed by atoms with Crippen LogP contribution in [-0.2, 0) is 91.3 Å². The highest BCUT2D eigenvalue weighted by atomic mass is 32.1. The van der Waals surface area contributed by atoms with Crippen LogP contribution in [0.1, 0.15) is 262 Å². The quantitative estimate of drug-likeness (QED) is 0.0127. The number of aliphatic carboxylic acids is 1. The summed E-state index contributed by atoms with van der Waals surface area (Å²) in [5.74, 6) is -7.12. The number of anilines is 3. The maximum Gasteiger partial charge on any atom is 0.407 e. The van der Waals surface area contributed by atoms with Crippen molar-refractivity contribution in [2.75, 3.05) is 82.2 Å². The van der Waals surface area contributed by atoms with Gasteiger partial charge in [-0.15, -0.1) is 11.3 Å². The molecule has 9 atom stereocenters. The number of primary amides is 1. The van der Waals surface area contributed by atoms with E-state index in [2.05, 4.69) is 84.9 Å². The number of carboxylic acids is 1. The number of alkyl carbamates (subject to hydrolysis) is 1. The Morgan fingerprint density at radius 1 is 0.657 bits per heavy atom. The molecule has 13 amide bonds. The summed E-state index contributed by atoms with van der Waals surface area (Å²) in [5.41, 5.74) is 11.2. The fourth-order valence-corrected chi connectivity index (χ4v) is 17.8. The molecule has 0 unspecified atom stereocenters. The number of hydrogen-bond donors (Lipinski definition) is 12. The van der Waals surface area contributed by atoms with Crippen molar-refractivity contribution in [3.05, 3.63) is 141 Å². The molecule has 0 bridgehead atoms. The fraction of sp³-hybridized carbons (Fsp3) is 0.578. The van der Waals surface area contributed by atoms with Gasteiger partial charge in [-0.2, -0.15) is 0 Å². The lowest BCUT2D eigenvalue weighted by molar-refractivity contribution is -0.147. The molecule has 750 valence electrons. The average molecular weight is 1920 g/mol. The third kappa shape index (κ3) is 35.1. The second kappa shape index (κ2) is 53.3. The van der Waals surface area contributed by atoms with Gasteiger partial charge in [0.05, 0.1) is 44.0 Å². The van der Waals surface area contributed by atoms with E-state index in [1.807, 2.05) is 89.0 Å². The van der Waals surface area contributed by atoms with E-state index >= 15 is 4.79 Å². The van der Waals surface area contributed by atoms with Gasteiger partial charge < -0.3 is 92.8 Å². The number of thiazole rings is 1. The summed E-state index contributed by atoms with van der Waals surface area (Å²) in [6.45, 7) is 28.0. The average Bonchev–Trinajstić information content (AvgIpc) is 1.59. The smallest absolute Gasteiger partial charge is 0.407 e. The Labute approximate surface area is 810 Å². The van der Waals surface area contributed by atoms with Crippen LogP contribution in [0.15, 0.2) is 102 Å². The zero-order valence-electron chi connectivity index (χ0n) is 82.7. The summed E-state index contributed by atoms with van der Waals surface area (Å²) in [7, 11) is 3.14. The Hall–Kier alpha value is -11.7. The van der Waals surface area contributed by atoms with Crippen molar-refractivity contribution in [3.8, 4) is 0 Å². The van der Waals surface area contributed by atoms with Gasteiger partial charge in [-0.25, -0.2) is 14.6 Å². The number of piperidine rings is 1. The minimum absolute atomic E-state index is 0.00262. The van der Waals surface area contributed by atoms with E-state index in [0.717, 1.165) is 80.3 Å². The number of hydrogen-bond acceptors (Lipinski definition) is 21. The Morgan fingerprint density at radius 2 is 1.32 bits per heavy atom. The standard InChI is InChI=1S/C102H147N15O19S/c1-17-20-21-27-50-116(96(128)89(65(8)18-2)114-93(126)80-35-26-28-49-115(80)15)81(63(4)5)53-82(135-19-3)95-112-78(59-137-95)92(125)109-71(54-102(13,14)97(129)130)51-66-36-40-69(41-37-66)107-85(120)56-105-99(132)136-58-67-38-42-70(43-39-67)108-90(123)76(33-29-48-104-98(103)131)111-94(127)88(64(6)7)113-91(124)77(44-47-87(122)133-16)110-84(119)55-100(9,10)61-134-62-101(11,12)60-106-83(118)45-46-86(121)117-57-68-30-22-23-31-72(68)74-52-75(74)73-32-24-25-34-79(73)117/h22-25,30-32,34,36-43,59,63-65,71,76-77,80-82,88-89H,17-21,26-29,33,35,44-58,60-62H2,1-16H3,(H,105,132)(H,106,118)(H,107,120)(H,108,123)(H,109,125)(H,110,119)(H,111,127)(H,113,124)(H,114,126)(H,129,130)(H3,103,104,131)/t65-,71-,76-,77-,80+,81+,82+,88-,89-/m0/s1. The molecule has 4 aromatic carbocycles. The number of unbranched alkanes of at least 4 members (excludes halogenated alkanes) is 3. The number of likely N-dealkylation sites (tertiary alicyclic amines) is 1. The molecule has 5 aromatic rings. The number of likely N-dealkylation sites (N-methyl/N-ethyl adjacent to an activating group) is 1. The normalized spacial score (nSPS) is 15.5. The number of fused-ring (bicyclic) bond motifs is 4. The van der Waals surface area contributed by atoms with Gasteiger partial charge in [0.2, 0.25) is 53.2 Å². The number of rotatable bonds is 55. The van der Waals surface area contributed by atoms with Gasteiger partial charge in [-0.3, -0.25) is 62.4 Å². The molecule has 2 aliphatic heterocycles. The third-order valence-electron chi connectivity index (χ3n) is 25.2. The number of methoxy groups -OCH3 is 1. The lowest BCUT2D eigenvalue weighted by Crippen LogP contribution is -2.59. The number of carbonyl (C=O) groups is 14. The van der Waals surface area contributed by atoms with Crippen molar-refractivity contribution in [3.63, 3.8) is 0 Å². The summed E-state index contributed by atoms with van der Waals surface area (Å²) < 4.78 is 22.9. The minimum atomic E-state index is -1.34.